The van der Waals surface area contributed by atoms with Crippen LogP contribution in [0.2, 0.25) is 5.15 Å². The van der Waals surface area contributed by atoms with E-state index in [-0.39, 0.29) is 5.82 Å². The SMILES string of the molecule is Cc1ccc(F)c(-c2ccc(C(C)C)c(Cl)n2)c1. The first-order chi connectivity index (χ1) is 8.49. The lowest BCUT2D eigenvalue weighted by atomic mass is 10.0. The van der Waals surface area contributed by atoms with E-state index in [2.05, 4.69) is 18.8 Å². The summed E-state index contributed by atoms with van der Waals surface area (Å²) in [4.78, 5) is 4.29. The fourth-order valence-electron chi connectivity index (χ4n) is 1.86. The van der Waals surface area contributed by atoms with Crippen LogP contribution in [0.5, 0.6) is 0 Å². The lowest BCUT2D eigenvalue weighted by molar-refractivity contribution is 0.630. The Morgan fingerprint density at radius 1 is 1.17 bits per heavy atom. The van der Waals surface area contributed by atoms with Crippen LogP contribution in [0.4, 0.5) is 4.39 Å². The van der Waals surface area contributed by atoms with Crippen molar-refractivity contribution in [2.24, 2.45) is 0 Å². The molecule has 0 radical (unpaired) electrons. The van der Waals surface area contributed by atoms with E-state index in [9.17, 15) is 4.39 Å². The maximum atomic E-state index is 13.8. The first kappa shape index (κ1) is 13.0. The van der Waals surface area contributed by atoms with Crippen molar-refractivity contribution in [3.8, 4) is 11.3 Å². The highest BCUT2D eigenvalue weighted by Crippen LogP contribution is 2.28. The van der Waals surface area contributed by atoms with E-state index in [4.69, 9.17) is 11.6 Å². The summed E-state index contributed by atoms with van der Waals surface area (Å²) in [5.74, 6) is 0.0304. The van der Waals surface area contributed by atoms with Crippen molar-refractivity contribution in [1.29, 1.82) is 0 Å². The number of aromatic nitrogens is 1. The first-order valence-electron chi connectivity index (χ1n) is 5.92. The summed E-state index contributed by atoms with van der Waals surface area (Å²) in [5, 5.41) is 0.448. The van der Waals surface area contributed by atoms with Crippen LogP contribution >= 0.6 is 11.6 Å². The molecule has 18 heavy (non-hydrogen) atoms. The van der Waals surface area contributed by atoms with Gasteiger partial charge in [-0.05, 0) is 36.6 Å². The maximum absolute atomic E-state index is 13.8. The quantitative estimate of drug-likeness (QED) is 0.697. The highest BCUT2D eigenvalue weighted by atomic mass is 35.5. The van der Waals surface area contributed by atoms with Crippen LogP contribution in [0, 0.1) is 12.7 Å². The first-order valence-corrected chi connectivity index (χ1v) is 6.30. The molecule has 0 saturated carbocycles. The van der Waals surface area contributed by atoms with Crippen LogP contribution in [0.15, 0.2) is 30.3 Å². The zero-order valence-electron chi connectivity index (χ0n) is 10.7. The van der Waals surface area contributed by atoms with Crippen molar-refractivity contribution in [2.45, 2.75) is 26.7 Å². The van der Waals surface area contributed by atoms with Crippen LogP contribution in [0.3, 0.4) is 0 Å². The highest BCUT2D eigenvalue weighted by molar-refractivity contribution is 6.30. The monoisotopic (exact) mass is 263 g/mol. The molecule has 0 atom stereocenters. The fraction of sp³-hybridized carbons (Fsp3) is 0.267. The Bertz CT molecular complexity index is 579. The summed E-state index contributed by atoms with van der Waals surface area (Å²) in [7, 11) is 0. The van der Waals surface area contributed by atoms with E-state index in [0.29, 0.717) is 22.3 Å². The molecule has 1 aromatic carbocycles. The summed E-state index contributed by atoms with van der Waals surface area (Å²) in [6.45, 7) is 6.03. The molecular formula is C15H15ClFN. The zero-order valence-corrected chi connectivity index (χ0v) is 11.4. The van der Waals surface area contributed by atoms with Crippen molar-refractivity contribution in [2.75, 3.05) is 0 Å². The van der Waals surface area contributed by atoms with Gasteiger partial charge in [0.25, 0.3) is 0 Å². The Balaban J connectivity index is 2.52. The highest BCUT2D eigenvalue weighted by Gasteiger charge is 2.11. The van der Waals surface area contributed by atoms with Gasteiger partial charge in [-0.15, -0.1) is 0 Å². The number of rotatable bonds is 2. The molecule has 3 heteroatoms. The Kier molecular flexibility index (Phi) is 3.67. The molecule has 2 rings (SSSR count). The van der Waals surface area contributed by atoms with E-state index in [1.807, 2.05) is 19.1 Å². The summed E-state index contributed by atoms with van der Waals surface area (Å²) in [6, 6.07) is 8.71. The molecule has 0 N–H and O–H groups in total. The number of hydrogen-bond donors (Lipinski definition) is 0. The molecule has 2 aromatic rings. The molecule has 0 aliphatic heterocycles. The van der Waals surface area contributed by atoms with E-state index in [0.717, 1.165) is 11.1 Å². The van der Waals surface area contributed by atoms with Crippen LogP contribution < -0.4 is 0 Å². The summed E-state index contributed by atoms with van der Waals surface area (Å²) in [6.07, 6.45) is 0. The number of pyridine rings is 1. The van der Waals surface area contributed by atoms with Crippen molar-refractivity contribution in [3.05, 3.63) is 52.4 Å². The van der Waals surface area contributed by atoms with Crippen molar-refractivity contribution in [3.63, 3.8) is 0 Å². The van der Waals surface area contributed by atoms with E-state index in [1.165, 1.54) is 6.07 Å². The minimum absolute atomic E-state index is 0.276. The van der Waals surface area contributed by atoms with Gasteiger partial charge in [0.2, 0.25) is 0 Å². The van der Waals surface area contributed by atoms with Gasteiger partial charge in [0.1, 0.15) is 11.0 Å². The molecule has 0 bridgehead atoms. The Labute approximate surface area is 112 Å². The predicted octanol–water partition coefficient (Wildman–Crippen LogP) is 4.97. The van der Waals surface area contributed by atoms with Crippen molar-refractivity contribution < 1.29 is 4.39 Å². The minimum atomic E-state index is -0.276. The normalized spacial score (nSPS) is 11.0. The molecule has 1 heterocycles. The van der Waals surface area contributed by atoms with Gasteiger partial charge in [0.15, 0.2) is 0 Å². The number of nitrogens with zero attached hydrogens (tertiary/aromatic N) is 1. The summed E-state index contributed by atoms with van der Waals surface area (Å²) >= 11 is 6.13. The van der Waals surface area contributed by atoms with E-state index >= 15 is 0 Å². The molecule has 0 spiro atoms. The molecule has 94 valence electrons. The number of benzene rings is 1. The van der Waals surface area contributed by atoms with Crippen molar-refractivity contribution >= 4 is 11.6 Å². The smallest absolute Gasteiger partial charge is 0.133 e. The van der Waals surface area contributed by atoms with Gasteiger partial charge >= 0.3 is 0 Å². The topological polar surface area (TPSA) is 12.9 Å². The van der Waals surface area contributed by atoms with E-state index < -0.39 is 0 Å². The molecule has 0 fully saturated rings. The summed E-state index contributed by atoms with van der Waals surface area (Å²) in [5.41, 5.74) is 3.04. The van der Waals surface area contributed by atoms with Gasteiger partial charge in [0.05, 0.1) is 5.69 Å². The molecule has 1 nitrogen and oxygen atoms in total. The molecule has 0 aliphatic rings. The Hall–Kier alpha value is -1.41. The second-order valence-corrected chi connectivity index (χ2v) is 5.07. The van der Waals surface area contributed by atoms with Crippen LogP contribution in [0.25, 0.3) is 11.3 Å². The third-order valence-electron chi connectivity index (χ3n) is 2.90. The standard InChI is InChI=1S/C15H15ClFN/c1-9(2)11-5-7-14(18-15(11)16)12-8-10(3)4-6-13(12)17/h4-9H,1-3H3. The van der Waals surface area contributed by atoms with E-state index in [1.54, 1.807) is 12.1 Å². The summed E-state index contributed by atoms with van der Waals surface area (Å²) < 4.78 is 13.8. The molecule has 0 amide bonds. The number of halogens is 2. The third-order valence-corrected chi connectivity index (χ3v) is 3.20. The fourth-order valence-corrected chi connectivity index (χ4v) is 2.23. The molecule has 0 aliphatic carbocycles. The number of aryl methyl sites for hydroxylation is 1. The Morgan fingerprint density at radius 3 is 2.50 bits per heavy atom. The van der Waals surface area contributed by atoms with Gasteiger partial charge in [0, 0.05) is 5.56 Å². The van der Waals surface area contributed by atoms with Gasteiger partial charge in [-0.1, -0.05) is 43.1 Å². The maximum Gasteiger partial charge on any atom is 0.133 e. The average Bonchev–Trinajstić information content (AvgIpc) is 2.31. The zero-order chi connectivity index (χ0) is 13.3. The molecular weight excluding hydrogens is 249 g/mol. The third kappa shape index (κ3) is 2.54. The van der Waals surface area contributed by atoms with Gasteiger partial charge < -0.3 is 0 Å². The van der Waals surface area contributed by atoms with Crippen molar-refractivity contribution in [1.82, 2.24) is 4.98 Å². The van der Waals surface area contributed by atoms with Gasteiger partial charge in [-0.2, -0.15) is 0 Å². The van der Waals surface area contributed by atoms with Crippen LogP contribution in [0.1, 0.15) is 30.9 Å². The van der Waals surface area contributed by atoms with Gasteiger partial charge in [-0.3, -0.25) is 0 Å². The van der Waals surface area contributed by atoms with Gasteiger partial charge in [-0.25, -0.2) is 9.37 Å². The second kappa shape index (κ2) is 5.07. The lowest BCUT2D eigenvalue weighted by Gasteiger charge is -2.10. The average molecular weight is 264 g/mol. The molecule has 1 aromatic heterocycles. The lowest BCUT2D eigenvalue weighted by Crippen LogP contribution is -1.95. The minimum Gasteiger partial charge on any atom is -0.236 e. The Morgan fingerprint density at radius 2 is 1.89 bits per heavy atom. The van der Waals surface area contributed by atoms with Crippen LogP contribution in [-0.2, 0) is 0 Å². The number of hydrogen-bond acceptors (Lipinski definition) is 1. The predicted molar refractivity (Wildman–Crippen MR) is 73.5 cm³/mol. The molecule has 0 saturated heterocycles. The largest absolute Gasteiger partial charge is 0.236 e. The molecule has 0 unspecified atom stereocenters. The van der Waals surface area contributed by atoms with Crippen LogP contribution in [-0.4, -0.2) is 4.98 Å². The second-order valence-electron chi connectivity index (χ2n) is 4.71.